The molecule has 1 aromatic carbocycles. The van der Waals surface area contributed by atoms with Crippen molar-refractivity contribution in [2.45, 2.75) is 30.2 Å². The fourth-order valence-corrected chi connectivity index (χ4v) is 3.25. The van der Waals surface area contributed by atoms with E-state index in [-0.39, 0.29) is 0 Å². The number of nitrogens with zero attached hydrogens (tertiary/aromatic N) is 1. The van der Waals surface area contributed by atoms with Gasteiger partial charge < -0.3 is 10.6 Å². The maximum Gasteiger partial charge on any atom is 0.242 e. The van der Waals surface area contributed by atoms with Gasteiger partial charge in [-0.15, -0.1) is 0 Å². The summed E-state index contributed by atoms with van der Waals surface area (Å²) in [5.74, 6) is 0. The molecule has 0 amide bonds. The summed E-state index contributed by atoms with van der Waals surface area (Å²) in [6, 6.07) is 7.55. The van der Waals surface area contributed by atoms with Crippen LogP contribution in [0.3, 0.4) is 0 Å². The number of rotatable bonds is 6. The van der Waals surface area contributed by atoms with E-state index in [1.54, 1.807) is 12.1 Å². The molecule has 2 N–H and O–H groups in total. The van der Waals surface area contributed by atoms with Crippen molar-refractivity contribution in [3.05, 3.63) is 24.3 Å². The Kier molecular flexibility index (Phi) is 5.01. The van der Waals surface area contributed by atoms with E-state index >= 15 is 0 Å². The van der Waals surface area contributed by atoms with E-state index < -0.39 is 10.0 Å². The number of hydrogen-bond donors (Lipinski definition) is 2. The van der Waals surface area contributed by atoms with Crippen LogP contribution in [-0.2, 0) is 10.0 Å². The second kappa shape index (κ2) is 6.56. The summed E-state index contributed by atoms with van der Waals surface area (Å²) >= 11 is 0. The molecule has 6 heteroatoms. The molecular formula is C14H23N3O2S. The van der Waals surface area contributed by atoms with Crippen molar-refractivity contribution in [1.29, 1.82) is 0 Å². The normalized spacial score (nSPS) is 19.4. The average Bonchev–Trinajstić information content (AvgIpc) is 2.92. The maximum absolute atomic E-state index is 11.9. The highest BCUT2D eigenvalue weighted by Gasteiger charge is 2.16. The fourth-order valence-electron chi connectivity index (χ4n) is 2.35. The van der Waals surface area contributed by atoms with Crippen LogP contribution in [0, 0.1) is 0 Å². The zero-order chi connectivity index (χ0) is 14.6. The third kappa shape index (κ3) is 3.71. The van der Waals surface area contributed by atoms with Gasteiger partial charge in [0.1, 0.15) is 0 Å². The van der Waals surface area contributed by atoms with Crippen LogP contribution in [0.25, 0.3) is 0 Å². The number of anilines is 1. The minimum Gasteiger partial charge on any atom is -0.385 e. The Balaban J connectivity index is 1.88. The van der Waals surface area contributed by atoms with Gasteiger partial charge in [0.25, 0.3) is 0 Å². The molecule has 1 heterocycles. The van der Waals surface area contributed by atoms with Crippen molar-refractivity contribution in [1.82, 2.24) is 9.62 Å². The SMILES string of the molecule is CN(C)S(=O)(=O)c1ccc(NCCC2CCCN2)cc1. The molecule has 0 aliphatic carbocycles. The molecule has 0 saturated carbocycles. The highest BCUT2D eigenvalue weighted by Crippen LogP contribution is 2.17. The van der Waals surface area contributed by atoms with Crippen LogP contribution in [0.5, 0.6) is 0 Å². The van der Waals surface area contributed by atoms with Crippen LogP contribution >= 0.6 is 0 Å². The first-order valence-electron chi connectivity index (χ1n) is 7.00. The van der Waals surface area contributed by atoms with Crippen molar-refractivity contribution >= 4 is 15.7 Å². The predicted molar refractivity (Wildman–Crippen MR) is 81.4 cm³/mol. The Morgan fingerprint density at radius 1 is 1.30 bits per heavy atom. The van der Waals surface area contributed by atoms with Gasteiger partial charge in [0.05, 0.1) is 4.90 Å². The van der Waals surface area contributed by atoms with E-state index in [1.165, 1.54) is 31.2 Å². The Hall–Kier alpha value is -1.11. The topological polar surface area (TPSA) is 61.4 Å². The molecule has 1 aromatic rings. The Bertz CT molecular complexity index is 520. The maximum atomic E-state index is 11.9. The summed E-state index contributed by atoms with van der Waals surface area (Å²) in [6.07, 6.45) is 3.61. The minimum absolute atomic E-state index is 0.325. The van der Waals surface area contributed by atoms with Crippen LogP contribution in [-0.4, -0.2) is 45.9 Å². The Morgan fingerprint density at radius 2 is 2.00 bits per heavy atom. The van der Waals surface area contributed by atoms with Crippen LogP contribution < -0.4 is 10.6 Å². The smallest absolute Gasteiger partial charge is 0.242 e. The van der Waals surface area contributed by atoms with Crippen molar-refractivity contribution in [2.24, 2.45) is 0 Å². The third-order valence-corrected chi connectivity index (χ3v) is 5.45. The van der Waals surface area contributed by atoms with Gasteiger partial charge in [0, 0.05) is 32.4 Å². The largest absolute Gasteiger partial charge is 0.385 e. The molecule has 1 unspecified atom stereocenters. The van der Waals surface area contributed by atoms with E-state index in [4.69, 9.17) is 0 Å². The molecular weight excluding hydrogens is 274 g/mol. The van der Waals surface area contributed by atoms with Crippen molar-refractivity contribution < 1.29 is 8.42 Å². The van der Waals surface area contributed by atoms with E-state index in [9.17, 15) is 8.42 Å². The number of sulfonamides is 1. The lowest BCUT2D eigenvalue weighted by atomic mass is 10.1. The van der Waals surface area contributed by atoms with Gasteiger partial charge in [-0.3, -0.25) is 0 Å². The van der Waals surface area contributed by atoms with Gasteiger partial charge in [-0.05, 0) is 50.1 Å². The Morgan fingerprint density at radius 3 is 2.55 bits per heavy atom. The summed E-state index contributed by atoms with van der Waals surface area (Å²) in [7, 11) is -0.256. The first-order valence-corrected chi connectivity index (χ1v) is 8.44. The first kappa shape index (κ1) is 15.3. The standard InChI is InChI=1S/C14H23N3O2S/c1-17(2)20(18,19)14-7-5-13(6-8-14)16-11-9-12-4-3-10-15-12/h5-8,12,15-16H,3-4,9-11H2,1-2H3. The molecule has 1 saturated heterocycles. The molecule has 5 nitrogen and oxygen atoms in total. The second-order valence-electron chi connectivity index (χ2n) is 5.32. The second-order valence-corrected chi connectivity index (χ2v) is 7.47. The van der Waals surface area contributed by atoms with Gasteiger partial charge >= 0.3 is 0 Å². The molecule has 1 atom stereocenters. The summed E-state index contributed by atoms with van der Waals surface area (Å²) in [5, 5.41) is 6.79. The summed E-state index contributed by atoms with van der Waals surface area (Å²) < 4.78 is 25.1. The number of nitrogens with one attached hydrogen (secondary N) is 2. The molecule has 0 radical (unpaired) electrons. The van der Waals surface area contributed by atoms with Crippen LogP contribution in [0.2, 0.25) is 0 Å². The highest BCUT2D eigenvalue weighted by atomic mass is 32.2. The number of hydrogen-bond acceptors (Lipinski definition) is 4. The molecule has 1 fully saturated rings. The minimum atomic E-state index is -3.33. The summed E-state index contributed by atoms with van der Waals surface area (Å²) in [6.45, 7) is 2.03. The predicted octanol–water partition coefficient (Wildman–Crippen LogP) is 1.49. The monoisotopic (exact) mass is 297 g/mol. The summed E-state index contributed by atoms with van der Waals surface area (Å²) in [5.41, 5.74) is 0.959. The molecule has 0 aromatic heterocycles. The van der Waals surface area contributed by atoms with Crippen LogP contribution in [0.4, 0.5) is 5.69 Å². The van der Waals surface area contributed by atoms with E-state index in [1.807, 2.05) is 12.1 Å². The Labute approximate surface area is 121 Å². The lowest BCUT2D eigenvalue weighted by molar-refractivity contribution is 0.521. The zero-order valence-electron chi connectivity index (χ0n) is 12.1. The van der Waals surface area contributed by atoms with Gasteiger partial charge in [-0.1, -0.05) is 0 Å². The van der Waals surface area contributed by atoms with Crippen LogP contribution in [0.1, 0.15) is 19.3 Å². The van der Waals surface area contributed by atoms with Gasteiger partial charge in [-0.2, -0.15) is 0 Å². The zero-order valence-corrected chi connectivity index (χ0v) is 12.9. The van der Waals surface area contributed by atoms with Gasteiger partial charge in [-0.25, -0.2) is 12.7 Å². The van der Waals surface area contributed by atoms with Crippen molar-refractivity contribution in [3.8, 4) is 0 Å². The lowest BCUT2D eigenvalue weighted by Crippen LogP contribution is -2.24. The lowest BCUT2D eigenvalue weighted by Gasteiger charge is -2.13. The van der Waals surface area contributed by atoms with E-state index in [2.05, 4.69) is 10.6 Å². The first-order chi connectivity index (χ1) is 9.50. The van der Waals surface area contributed by atoms with Gasteiger partial charge in [0.2, 0.25) is 10.0 Å². The molecule has 1 aliphatic heterocycles. The summed E-state index contributed by atoms with van der Waals surface area (Å²) in [4.78, 5) is 0.325. The fraction of sp³-hybridized carbons (Fsp3) is 0.571. The molecule has 20 heavy (non-hydrogen) atoms. The number of benzene rings is 1. The molecule has 1 aliphatic rings. The molecule has 0 bridgehead atoms. The van der Waals surface area contributed by atoms with Gasteiger partial charge in [0.15, 0.2) is 0 Å². The quantitative estimate of drug-likeness (QED) is 0.835. The molecule has 112 valence electrons. The van der Waals surface area contributed by atoms with Crippen molar-refractivity contribution in [3.63, 3.8) is 0 Å². The molecule has 0 spiro atoms. The third-order valence-electron chi connectivity index (χ3n) is 3.62. The highest BCUT2D eigenvalue weighted by molar-refractivity contribution is 7.89. The average molecular weight is 297 g/mol. The van der Waals surface area contributed by atoms with E-state index in [0.717, 1.165) is 25.2 Å². The van der Waals surface area contributed by atoms with Crippen LogP contribution in [0.15, 0.2) is 29.2 Å². The van der Waals surface area contributed by atoms with Crippen molar-refractivity contribution in [2.75, 3.05) is 32.5 Å². The van der Waals surface area contributed by atoms with E-state index in [0.29, 0.717) is 10.9 Å². The molecule has 2 rings (SSSR count).